The SMILES string of the molecule is CN1CCC[C@H]1[C@H]1CCCN1C(=O)CCc1ccco1. The monoisotopic (exact) mass is 276 g/mol. The number of furan rings is 1. The third kappa shape index (κ3) is 2.75. The first kappa shape index (κ1) is 13.7. The molecule has 1 aromatic rings. The Kier molecular flexibility index (Phi) is 4.10. The maximum atomic E-state index is 12.5. The molecule has 0 saturated carbocycles. The van der Waals surface area contributed by atoms with Crippen molar-refractivity contribution in [1.82, 2.24) is 9.80 Å². The van der Waals surface area contributed by atoms with Gasteiger partial charge in [0.1, 0.15) is 5.76 Å². The van der Waals surface area contributed by atoms with Crippen molar-refractivity contribution in [3.63, 3.8) is 0 Å². The van der Waals surface area contributed by atoms with Crippen LogP contribution in [0.15, 0.2) is 22.8 Å². The Morgan fingerprint density at radius 2 is 2.10 bits per heavy atom. The van der Waals surface area contributed by atoms with Crippen LogP contribution in [-0.2, 0) is 11.2 Å². The predicted molar refractivity (Wildman–Crippen MR) is 77.4 cm³/mol. The summed E-state index contributed by atoms with van der Waals surface area (Å²) in [5.74, 6) is 1.20. The predicted octanol–water partition coefficient (Wildman–Crippen LogP) is 2.30. The summed E-state index contributed by atoms with van der Waals surface area (Å²) in [5, 5.41) is 0. The molecule has 0 unspecified atom stereocenters. The molecule has 2 fully saturated rings. The number of carbonyl (C=O) groups excluding carboxylic acids is 1. The fourth-order valence-corrected chi connectivity index (χ4v) is 3.75. The number of rotatable bonds is 4. The third-order valence-electron chi connectivity index (χ3n) is 4.81. The van der Waals surface area contributed by atoms with Crippen molar-refractivity contribution < 1.29 is 9.21 Å². The van der Waals surface area contributed by atoms with Gasteiger partial charge in [-0.1, -0.05) is 0 Å². The van der Waals surface area contributed by atoms with Gasteiger partial charge in [0.15, 0.2) is 0 Å². The molecule has 3 rings (SSSR count). The molecule has 20 heavy (non-hydrogen) atoms. The fraction of sp³-hybridized carbons (Fsp3) is 0.688. The second-order valence-corrected chi connectivity index (χ2v) is 6.07. The Balaban J connectivity index is 1.58. The van der Waals surface area contributed by atoms with E-state index in [1.165, 1.54) is 25.8 Å². The molecule has 0 spiro atoms. The minimum atomic E-state index is 0.296. The highest BCUT2D eigenvalue weighted by Crippen LogP contribution is 2.29. The summed E-state index contributed by atoms with van der Waals surface area (Å²) in [6, 6.07) is 4.84. The average molecular weight is 276 g/mol. The van der Waals surface area contributed by atoms with Gasteiger partial charge in [0.05, 0.1) is 6.26 Å². The van der Waals surface area contributed by atoms with Gasteiger partial charge < -0.3 is 14.2 Å². The van der Waals surface area contributed by atoms with Crippen molar-refractivity contribution in [2.45, 2.75) is 50.6 Å². The van der Waals surface area contributed by atoms with Gasteiger partial charge in [0.25, 0.3) is 0 Å². The van der Waals surface area contributed by atoms with E-state index in [0.717, 1.165) is 25.1 Å². The molecular formula is C16H24N2O2. The summed E-state index contributed by atoms with van der Waals surface area (Å²) in [6.45, 7) is 2.11. The molecule has 4 nitrogen and oxygen atoms in total. The second kappa shape index (κ2) is 6.00. The van der Waals surface area contributed by atoms with Gasteiger partial charge >= 0.3 is 0 Å². The highest BCUT2D eigenvalue weighted by atomic mass is 16.3. The van der Waals surface area contributed by atoms with E-state index in [1.54, 1.807) is 6.26 Å². The molecule has 1 aromatic heterocycles. The van der Waals surface area contributed by atoms with Crippen molar-refractivity contribution in [3.05, 3.63) is 24.2 Å². The molecule has 3 heterocycles. The number of amides is 1. The van der Waals surface area contributed by atoms with E-state index in [0.29, 0.717) is 24.4 Å². The summed E-state index contributed by atoms with van der Waals surface area (Å²) < 4.78 is 5.31. The van der Waals surface area contributed by atoms with Crippen molar-refractivity contribution in [3.8, 4) is 0 Å². The molecule has 0 aliphatic carbocycles. The normalized spacial score (nSPS) is 27.4. The molecule has 4 heteroatoms. The van der Waals surface area contributed by atoms with Crippen LogP contribution in [0.25, 0.3) is 0 Å². The average Bonchev–Trinajstić information content (AvgIpc) is 3.16. The number of hydrogen-bond acceptors (Lipinski definition) is 3. The molecule has 0 aromatic carbocycles. The van der Waals surface area contributed by atoms with Gasteiger partial charge in [-0.15, -0.1) is 0 Å². The molecule has 2 aliphatic heterocycles. The number of aryl methyl sites for hydroxylation is 1. The van der Waals surface area contributed by atoms with Crippen LogP contribution >= 0.6 is 0 Å². The summed E-state index contributed by atoms with van der Waals surface area (Å²) in [6.07, 6.45) is 7.79. The van der Waals surface area contributed by atoms with Gasteiger partial charge in [-0.25, -0.2) is 0 Å². The quantitative estimate of drug-likeness (QED) is 0.846. The minimum absolute atomic E-state index is 0.296. The lowest BCUT2D eigenvalue weighted by molar-refractivity contribution is -0.133. The zero-order valence-corrected chi connectivity index (χ0v) is 12.3. The van der Waals surface area contributed by atoms with E-state index < -0.39 is 0 Å². The Labute approximate surface area is 120 Å². The van der Waals surface area contributed by atoms with Crippen molar-refractivity contribution in [2.75, 3.05) is 20.1 Å². The third-order valence-corrected chi connectivity index (χ3v) is 4.81. The Morgan fingerprint density at radius 3 is 2.80 bits per heavy atom. The number of likely N-dealkylation sites (tertiary alicyclic amines) is 2. The summed E-state index contributed by atoms with van der Waals surface area (Å²) in [7, 11) is 2.20. The molecule has 1 amide bonds. The van der Waals surface area contributed by atoms with E-state index in [1.807, 2.05) is 12.1 Å². The van der Waals surface area contributed by atoms with Gasteiger partial charge in [-0.05, 0) is 51.4 Å². The van der Waals surface area contributed by atoms with E-state index in [4.69, 9.17) is 4.42 Å². The van der Waals surface area contributed by atoms with E-state index in [2.05, 4.69) is 16.8 Å². The molecule has 110 valence electrons. The van der Waals surface area contributed by atoms with Crippen LogP contribution in [0.5, 0.6) is 0 Å². The molecule has 2 saturated heterocycles. The lowest BCUT2D eigenvalue weighted by atomic mass is 10.0. The lowest BCUT2D eigenvalue weighted by Gasteiger charge is -2.33. The molecule has 2 atom stereocenters. The second-order valence-electron chi connectivity index (χ2n) is 6.07. The number of nitrogens with zero attached hydrogens (tertiary/aromatic N) is 2. The van der Waals surface area contributed by atoms with Crippen molar-refractivity contribution in [2.24, 2.45) is 0 Å². The smallest absolute Gasteiger partial charge is 0.223 e. The van der Waals surface area contributed by atoms with Crippen LogP contribution in [-0.4, -0.2) is 47.9 Å². The Bertz CT molecular complexity index is 443. The first-order valence-corrected chi connectivity index (χ1v) is 7.78. The highest BCUT2D eigenvalue weighted by Gasteiger charge is 2.37. The molecule has 2 aliphatic rings. The fourth-order valence-electron chi connectivity index (χ4n) is 3.75. The van der Waals surface area contributed by atoms with Crippen LogP contribution in [0, 0.1) is 0 Å². The standard InChI is InChI=1S/C16H24N2O2/c1-17-10-2-6-14(17)15-7-3-11-18(15)16(19)9-8-13-5-4-12-20-13/h4-5,12,14-15H,2-3,6-11H2,1H3/t14-,15+/m0/s1. The highest BCUT2D eigenvalue weighted by molar-refractivity contribution is 5.77. The van der Waals surface area contributed by atoms with Crippen LogP contribution in [0.4, 0.5) is 0 Å². The lowest BCUT2D eigenvalue weighted by Crippen LogP contribution is -2.47. The first-order chi connectivity index (χ1) is 9.75. The zero-order valence-electron chi connectivity index (χ0n) is 12.3. The maximum Gasteiger partial charge on any atom is 0.223 e. The van der Waals surface area contributed by atoms with E-state index in [-0.39, 0.29) is 0 Å². The van der Waals surface area contributed by atoms with Crippen molar-refractivity contribution in [1.29, 1.82) is 0 Å². The van der Waals surface area contributed by atoms with Crippen molar-refractivity contribution >= 4 is 5.91 Å². The van der Waals surface area contributed by atoms with Crippen LogP contribution in [0.3, 0.4) is 0 Å². The summed E-state index contributed by atoms with van der Waals surface area (Å²) >= 11 is 0. The summed E-state index contributed by atoms with van der Waals surface area (Å²) in [5.41, 5.74) is 0. The largest absolute Gasteiger partial charge is 0.469 e. The minimum Gasteiger partial charge on any atom is -0.469 e. The molecule has 0 bridgehead atoms. The number of hydrogen-bond donors (Lipinski definition) is 0. The maximum absolute atomic E-state index is 12.5. The van der Waals surface area contributed by atoms with Gasteiger partial charge in [0.2, 0.25) is 5.91 Å². The topological polar surface area (TPSA) is 36.7 Å². The zero-order chi connectivity index (χ0) is 13.9. The summed E-state index contributed by atoms with van der Waals surface area (Å²) in [4.78, 5) is 17.0. The van der Waals surface area contributed by atoms with Gasteiger partial charge in [-0.2, -0.15) is 0 Å². The van der Waals surface area contributed by atoms with E-state index >= 15 is 0 Å². The van der Waals surface area contributed by atoms with Gasteiger partial charge in [0, 0.05) is 31.5 Å². The van der Waals surface area contributed by atoms with Crippen LogP contribution in [0.1, 0.15) is 37.9 Å². The molecular weight excluding hydrogens is 252 g/mol. The van der Waals surface area contributed by atoms with Crippen LogP contribution < -0.4 is 0 Å². The Hall–Kier alpha value is -1.29. The van der Waals surface area contributed by atoms with E-state index in [9.17, 15) is 4.79 Å². The number of likely N-dealkylation sites (N-methyl/N-ethyl adjacent to an activating group) is 1. The Morgan fingerprint density at radius 1 is 1.30 bits per heavy atom. The van der Waals surface area contributed by atoms with Gasteiger partial charge in [-0.3, -0.25) is 4.79 Å². The molecule has 0 N–H and O–H groups in total. The first-order valence-electron chi connectivity index (χ1n) is 7.78. The van der Waals surface area contributed by atoms with Crippen LogP contribution in [0.2, 0.25) is 0 Å². The number of carbonyl (C=O) groups is 1. The molecule has 0 radical (unpaired) electrons.